The van der Waals surface area contributed by atoms with Crippen molar-refractivity contribution >= 4 is 21.8 Å². The Bertz CT molecular complexity index is 1800. The molecule has 0 N–H and O–H groups in total. The fourth-order valence-electron chi connectivity index (χ4n) is 7.38. The summed E-state index contributed by atoms with van der Waals surface area (Å²) >= 11 is 0. The number of aryl methyl sites for hydroxylation is 7. The first-order valence-electron chi connectivity index (χ1n) is 14.0. The summed E-state index contributed by atoms with van der Waals surface area (Å²) < 4.78 is 4.85. The molecule has 0 saturated carbocycles. The third-order valence-corrected chi connectivity index (χ3v) is 10.1. The van der Waals surface area contributed by atoms with Crippen LogP contribution in [0.3, 0.4) is 0 Å². The first-order valence-corrected chi connectivity index (χ1v) is 14.0. The molecule has 2 aromatic heterocycles. The minimum atomic E-state index is 1.32. The average Bonchev–Trinajstić information content (AvgIpc) is 3.29. The first kappa shape index (κ1) is 26.4. The lowest BCUT2D eigenvalue weighted by Gasteiger charge is -2.26. The molecule has 5 rings (SSSR count). The third-order valence-electron chi connectivity index (χ3n) is 10.1. The van der Waals surface area contributed by atoms with Crippen molar-refractivity contribution in [3.63, 3.8) is 0 Å². The lowest BCUT2D eigenvalue weighted by molar-refractivity contribution is 0.963. The maximum Gasteiger partial charge on any atom is 0.0569 e. The molecule has 0 atom stereocenters. The van der Waals surface area contributed by atoms with Crippen LogP contribution in [-0.4, -0.2) is 9.13 Å². The van der Waals surface area contributed by atoms with Crippen LogP contribution in [0.2, 0.25) is 0 Å². The summed E-state index contributed by atoms with van der Waals surface area (Å²) in [5.41, 5.74) is 24.9. The normalized spacial score (nSPS) is 11.9. The van der Waals surface area contributed by atoms with Crippen LogP contribution in [0.4, 0.5) is 0 Å². The van der Waals surface area contributed by atoms with E-state index in [2.05, 4.69) is 118 Å². The van der Waals surface area contributed by atoms with Crippen LogP contribution in [0, 0.1) is 90.0 Å². The van der Waals surface area contributed by atoms with E-state index >= 15 is 0 Å². The SMILES string of the molecule is Cc1cc2c(c(C)cn2C)c(C)c1-c1c(C)c(C)c(-n2c(C)c(C)c3c(C)c(C)c(C)c(C)c32)c(C)c1C. The van der Waals surface area contributed by atoms with E-state index in [1.165, 1.54) is 111 Å². The van der Waals surface area contributed by atoms with Crippen molar-refractivity contribution in [2.45, 2.75) is 90.0 Å². The van der Waals surface area contributed by atoms with Crippen LogP contribution >= 0.6 is 0 Å². The van der Waals surface area contributed by atoms with Crippen molar-refractivity contribution in [1.29, 1.82) is 0 Å². The first-order chi connectivity index (χ1) is 17.7. The fraction of sp³-hybridized carbons (Fsp3) is 0.389. The molecule has 0 radical (unpaired) electrons. The van der Waals surface area contributed by atoms with Crippen molar-refractivity contribution in [3.8, 4) is 16.8 Å². The van der Waals surface area contributed by atoms with Gasteiger partial charge in [-0.2, -0.15) is 0 Å². The van der Waals surface area contributed by atoms with Crippen LogP contribution in [0.5, 0.6) is 0 Å². The van der Waals surface area contributed by atoms with Gasteiger partial charge in [-0.05, 0) is 174 Å². The Kier molecular flexibility index (Phi) is 5.98. The number of fused-ring (bicyclic) bond motifs is 2. The van der Waals surface area contributed by atoms with Gasteiger partial charge >= 0.3 is 0 Å². The molecule has 2 heteroatoms. The van der Waals surface area contributed by atoms with Gasteiger partial charge in [0.25, 0.3) is 0 Å². The van der Waals surface area contributed by atoms with Gasteiger partial charge in [0, 0.05) is 35.2 Å². The molecule has 38 heavy (non-hydrogen) atoms. The third kappa shape index (κ3) is 3.25. The molecule has 2 heterocycles. The molecule has 0 unspecified atom stereocenters. The topological polar surface area (TPSA) is 9.86 Å². The average molecular weight is 505 g/mol. The van der Waals surface area contributed by atoms with Gasteiger partial charge < -0.3 is 9.13 Å². The van der Waals surface area contributed by atoms with Crippen LogP contribution < -0.4 is 0 Å². The Morgan fingerprint density at radius 1 is 0.474 bits per heavy atom. The van der Waals surface area contributed by atoms with E-state index in [1.807, 2.05) is 0 Å². The van der Waals surface area contributed by atoms with Crippen molar-refractivity contribution in [2.24, 2.45) is 7.05 Å². The lowest BCUT2D eigenvalue weighted by Crippen LogP contribution is -2.09. The molecule has 0 spiro atoms. The highest BCUT2D eigenvalue weighted by Crippen LogP contribution is 2.44. The summed E-state index contributed by atoms with van der Waals surface area (Å²) in [6.07, 6.45) is 2.26. The second-order valence-electron chi connectivity index (χ2n) is 12.0. The van der Waals surface area contributed by atoms with Crippen LogP contribution in [-0.2, 0) is 7.05 Å². The molecule has 0 bridgehead atoms. The minimum absolute atomic E-state index is 1.32. The smallest absolute Gasteiger partial charge is 0.0569 e. The summed E-state index contributed by atoms with van der Waals surface area (Å²) in [6, 6.07) is 2.38. The van der Waals surface area contributed by atoms with Crippen molar-refractivity contribution in [2.75, 3.05) is 0 Å². The van der Waals surface area contributed by atoms with Crippen molar-refractivity contribution in [1.82, 2.24) is 9.13 Å². The summed E-state index contributed by atoms with van der Waals surface area (Å²) in [4.78, 5) is 0. The van der Waals surface area contributed by atoms with Crippen LogP contribution in [0.15, 0.2) is 12.3 Å². The Hall–Kier alpha value is -3.26. The van der Waals surface area contributed by atoms with Gasteiger partial charge in [-0.15, -0.1) is 0 Å². The quantitative estimate of drug-likeness (QED) is 0.226. The summed E-state index contributed by atoms with van der Waals surface area (Å²) in [5.74, 6) is 0. The van der Waals surface area contributed by atoms with Gasteiger partial charge in [0.05, 0.1) is 11.2 Å². The predicted molar refractivity (Wildman–Crippen MR) is 167 cm³/mol. The molecule has 3 aromatic carbocycles. The lowest BCUT2D eigenvalue weighted by atomic mass is 9.83. The number of hydrogen-bond acceptors (Lipinski definition) is 0. The molecular weight excluding hydrogens is 460 g/mol. The maximum atomic E-state index is 2.58. The number of hydrogen-bond donors (Lipinski definition) is 0. The predicted octanol–water partition coefficient (Wildman–Crippen LogP) is 9.80. The molecule has 0 aliphatic rings. The van der Waals surface area contributed by atoms with Gasteiger partial charge in [-0.1, -0.05) is 0 Å². The highest BCUT2D eigenvalue weighted by Gasteiger charge is 2.25. The molecular formula is C36H44N2. The number of nitrogens with zero attached hydrogens (tertiary/aromatic N) is 2. The molecule has 198 valence electrons. The van der Waals surface area contributed by atoms with E-state index in [1.54, 1.807) is 0 Å². The summed E-state index contributed by atoms with van der Waals surface area (Å²) in [5, 5.41) is 2.82. The standard InChI is InChI=1S/C36H44N2/c1-17-15-30-31(18(2)16-37(30)14)28(12)32(17)33-22(6)25(9)35(26(10)23(33)7)38-29(13)27(11)34-21(5)19(3)20(4)24(8)36(34)38/h15-16H,1-14H3. The highest BCUT2D eigenvalue weighted by atomic mass is 15.0. The van der Waals surface area contributed by atoms with Gasteiger partial charge in [-0.25, -0.2) is 0 Å². The van der Waals surface area contributed by atoms with E-state index in [0.717, 1.165) is 0 Å². The highest BCUT2D eigenvalue weighted by molar-refractivity contribution is 5.97. The minimum Gasteiger partial charge on any atom is -0.350 e. The Labute approximate surface area is 229 Å². The summed E-state index contributed by atoms with van der Waals surface area (Å²) in [6.45, 7) is 30.0. The Morgan fingerprint density at radius 3 is 1.61 bits per heavy atom. The van der Waals surface area contributed by atoms with E-state index in [-0.39, 0.29) is 0 Å². The second kappa shape index (κ2) is 8.63. The molecule has 0 aliphatic carbocycles. The van der Waals surface area contributed by atoms with Crippen LogP contribution in [0.25, 0.3) is 38.6 Å². The maximum absolute atomic E-state index is 2.58. The second-order valence-corrected chi connectivity index (χ2v) is 12.0. The number of rotatable bonds is 2. The zero-order chi connectivity index (χ0) is 28.1. The molecule has 2 nitrogen and oxygen atoms in total. The zero-order valence-corrected chi connectivity index (χ0v) is 26.0. The van der Waals surface area contributed by atoms with E-state index in [9.17, 15) is 0 Å². The van der Waals surface area contributed by atoms with Gasteiger partial charge in [0.15, 0.2) is 0 Å². The van der Waals surface area contributed by atoms with Crippen molar-refractivity contribution < 1.29 is 0 Å². The largest absolute Gasteiger partial charge is 0.350 e. The fourth-order valence-corrected chi connectivity index (χ4v) is 7.38. The Morgan fingerprint density at radius 2 is 1.03 bits per heavy atom. The molecule has 0 saturated heterocycles. The number of benzene rings is 3. The molecule has 0 fully saturated rings. The monoisotopic (exact) mass is 504 g/mol. The van der Waals surface area contributed by atoms with Gasteiger partial charge in [0.1, 0.15) is 0 Å². The van der Waals surface area contributed by atoms with E-state index in [0.29, 0.717) is 0 Å². The van der Waals surface area contributed by atoms with E-state index in [4.69, 9.17) is 0 Å². The van der Waals surface area contributed by atoms with Crippen molar-refractivity contribution in [3.05, 3.63) is 84.7 Å². The van der Waals surface area contributed by atoms with Crippen LogP contribution in [0.1, 0.15) is 72.5 Å². The molecule has 0 amide bonds. The number of aromatic nitrogens is 2. The van der Waals surface area contributed by atoms with Gasteiger partial charge in [-0.3, -0.25) is 0 Å². The molecule has 0 aliphatic heterocycles. The Balaban J connectivity index is 1.92. The van der Waals surface area contributed by atoms with Gasteiger partial charge in [0.2, 0.25) is 0 Å². The molecule has 5 aromatic rings. The van der Waals surface area contributed by atoms with E-state index < -0.39 is 0 Å². The summed E-state index contributed by atoms with van der Waals surface area (Å²) in [7, 11) is 2.16. The zero-order valence-electron chi connectivity index (χ0n) is 26.0.